The number of hydrogen-bond acceptors (Lipinski definition) is 4. The van der Waals surface area contributed by atoms with Crippen molar-refractivity contribution in [1.82, 2.24) is 5.32 Å². The minimum atomic E-state index is -1.25. The maximum Gasteiger partial charge on any atom is 0.352 e. The summed E-state index contributed by atoms with van der Waals surface area (Å²) >= 11 is 4.87. The average molecular weight is 444 g/mol. The monoisotopic (exact) mass is 443 g/mol. The van der Waals surface area contributed by atoms with Crippen LogP contribution in [0.1, 0.15) is 16.1 Å². The Kier molecular flexibility index (Phi) is 6.16. The number of carbonyl (C=O) groups excluding carboxylic acids is 1. The van der Waals surface area contributed by atoms with Gasteiger partial charge in [-0.1, -0.05) is 42.1 Å². The van der Waals surface area contributed by atoms with Crippen LogP contribution in [0.3, 0.4) is 0 Å². The van der Waals surface area contributed by atoms with Gasteiger partial charge in [0.2, 0.25) is 0 Å². The van der Waals surface area contributed by atoms with Gasteiger partial charge in [0.15, 0.2) is 5.09 Å². The Morgan fingerprint density at radius 3 is 2.41 bits per heavy atom. The maximum atomic E-state index is 12.2. The van der Waals surface area contributed by atoms with Gasteiger partial charge in [0.05, 0.1) is 0 Å². The number of furan rings is 1. The first kappa shape index (κ1) is 19.0. The van der Waals surface area contributed by atoms with Crippen LogP contribution in [-0.2, 0) is 4.79 Å². The lowest BCUT2D eigenvalue weighted by molar-refractivity contribution is -0.132. The number of amides is 1. The van der Waals surface area contributed by atoms with Crippen molar-refractivity contribution in [2.75, 3.05) is 0 Å². The van der Waals surface area contributed by atoms with Gasteiger partial charge in [-0.2, -0.15) is 0 Å². The second-order valence-electron chi connectivity index (χ2n) is 5.37. The minimum absolute atomic E-state index is 0.268. The molecule has 1 amide bonds. The Balaban J connectivity index is 1.77. The third kappa shape index (κ3) is 5.12. The third-order valence-corrected chi connectivity index (χ3v) is 5.40. The Morgan fingerprint density at radius 2 is 1.70 bits per heavy atom. The van der Waals surface area contributed by atoms with Gasteiger partial charge in [-0.05, 0) is 52.3 Å². The van der Waals surface area contributed by atoms with E-state index >= 15 is 0 Å². The molecule has 2 N–H and O–H groups in total. The van der Waals surface area contributed by atoms with E-state index in [1.165, 1.54) is 17.8 Å². The van der Waals surface area contributed by atoms with Crippen molar-refractivity contribution in [3.63, 3.8) is 0 Å². The van der Waals surface area contributed by atoms with Gasteiger partial charge in [-0.25, -0.2) is 4.79 Å². The SMILES string of the molecule is O=C(O)/C(=C\c1ccc(Sc2ccccc2Br)o1)NC(=O)c1ccccc1. The highest BCUT2D eigenvalue weighted by Crippen LogP contribution is 2.34. The molecule has 136 valence electrons. The molecule has 0 bridgehead atoms. The molecule has 27 heavy (non-hydrogen) atoms. The Hall–Kier alpha value is -2.77. The molecule has 1 heterocycles. The molecule has 0 saturated heterocycles. The fourth-order valence-electron chi connectivity index (χ4n) is 2.18. The van der Waals surface area contributed by atoms with Crippen LogP contribution in [-0.4, -0.2) is 17.0 Å². The summed E-state index contributed by atoms with van der Waals surface area (Å²) in [5.74, 6) is -1.43. The molecule has 3 rings (SSSR count). The molecule has 0 unspecified atom stereocenters. The number of nitrogens with one attached hydrogen (secondary N) is 1. The number of aliphatic carboxylic acids is 1. The first-order valence-electron chi connectivity index (χ1n) is 7.86. The molecule has 0 spiro atoms. The maximum absolute atomic E-state index is 12.2. The van der Waals surface area contributed by atoms with Gasteiger partial charge in [0, 0.05) is 21.0 Å². The third-order valence-electron chi connectivity index (χ3n) is 3.45. The number of carboxylic acid groups (broad SMARTS) is 1. The molecule has 0 aliphatic carbocycles. The van der Waals surface area contributed by atoms with Crippen LogP contribution in [0.2, 0.25) is 0 Å². The molecule has 3 aromatic rings. The zero-order chi connectivity index (χ0) is 19.2. The Bertz CT molecular complexity index is 998. The van der Waals surface area contributed by atoms with Crippen LogP contribution in [0.15, 0.2) is 91.3 Å². The second kappa shape index (κ2) is 8.75. The zero-order valence-corrected chi connectivity index (χ0v) is 16.3. The summed E-state index contributed by atoms with van der Waals surface area (Å²) in [6.45, 7) is 0. The summed E-state index contributed by atoms with van der Waals surface area (Å²) in [5.41, 5.74) is 0.102. The van der Waals surface area contributed by atoms with E-state index in [2.05, 4.69) is 21.2 Å². The van der Waals surface area contributed by atoms with E-state index in [0.717, 1.165) is 9.37 Å². The summed E-state index contributed by atoms with van der Waals surface area (Å²) in [6, 6.07) is 19.5. The van der Waals surface area contributed by atoms with Crippen LogP contribution >= 0.6 is 27.7 Å². The largest absolute Gasteiger partial charge is 0.477 e. The first-order valence-corrected chi connectivity index (χ1v) is 9.47. The summed E-state index contributed by atoms with van der Waals surface area (Å²) in [4.78, 5) is 24.6. The lowest BCUT2D eigenvalue weighted by atomic mass is 10.2. The van der Waals surface area contributed by atoms with E-state index < -0.39 is 11.9 Å². The van der Waals surface area contributed by atoms with Crippen molar-refractivity contribution in [1.29, 1.82) is 0 Å². The number of benzene rings is 2. The van der Waals surface area contributed by atoms with Crippen molar-refractivity contribution >= 4 is 45.6 Å². The molecule has 0 radical (unpaired) electrons. The van der Waals surface area contributed by atoms with E-state index in [1.54, 1.807) is 42.5 Å². The van der Waals surface area contributed by atoms with Crippen LogP contribution in [0.5, 0.6) is 0 Å². The molecule has 0 atom stereocenters. The number of carboxylic acids is 1. The van der Waals surface area contributed by atoms with E-state index in [4.69, 9.17) is 4.42 Å². The standard InChI is InChI=1S/C20H14BrNO4S/c21-15-8-4-5-9-17(15)27-18-11-10-14(26-18)12-16(20(24)25)22-19(23)13-6-2-1-3-7-13/h1-12H,(H,22,23)(H,24,25)/b16-12+. The van der Waals surface area contributed by atoms with Crippen LogP contribution in [0.4, 0.5) is 0 Å². The fourth-order valence-corrected chi connectivity index (χ4v) is 3.51. The zero-order valence-electron chi connectivity index (χ0n) is 13.9. The lowest BCUT2D eigenvalue weighted by Crippen LogP contribution is -2.27. The molecule has 1 aromatic heterocycles. The summed E-state index contributed by atoms with van der Waals surface area (Å²) in [5, 5.41) is 12.4. The molecule has 0 saturated carbocycles. The second-order valence-corrected chi connectivity index (χ2v) is 7.27. The molecule has 7 heteroatoms. The Labute approximate surface area is 168 Å². The normalized spacial score (nSPS) is 11.2. The molecule has 0 aliphatic rings. The highest BCUT2D eigenvalue weighted by atomic mass is 79.9. The Morgan fingerprint density at radius 1 is 1.00 bits per heavy atom. The molecule has 0 aliphatic heterocycles. The van der Waals surface area contributed by atoms with Crippen molar-refractivity contribution in [3.8, 4) is 0 Å². The van der Waals surface area contributed by atoms with Crippen LogP contribution in [0.25, 0.3) is 6.08 Å². The van der Waals surface area contributed by atoms with Gasteiger partial charge in [0.25, 0.3) is 5.91 Å². The van der Waals surface area contributed by atoms with E-state index in [0.29, 0.717) is 16.4 Å². The minimum Gasteiger partial charge on any atom is -0.477 e. The molecule has 0 fully saturated rings. The van der Waals surface area contributed by atoms with Crippen molar-refractivity contribution in [3.05, 3.63) is 88.2 Å². The van der Waals surface area contributed by atoms with E-state index in [1.807, 2.05) is 24.3 Å². The highest BCUT2D eigenvalue weighted by molar-refractivity contribution is 9.10. The number of halogens is 1. The predicted octanol–water partition coefficient (Wildman–Crippen LogP) is 5.05. The van der Waals surface area contributed by atoms with Gasteiger partial charge >= 0.3 is 5.97 Å². The summed E-state index contributed by atoms with van der Waals surface area (Å²) < 4.78 is 6.60. The van der Waals surface area contributed by atoms with Crippen LogP contribution in [0, 0.1) is 0 Å². The first-order chi connectivity index (χ1) is 13.0. The quantitative estimate of drug-likeness (QED) is 0.521. The molecular formula is C20H14BrNO4S. The highest BCUT2D eigenvalue weighted by Gasteiger charge is 2.14. The summed E-state index contributed by atoms with van der Waals surface area (Å²) in [7, 11) is 0. The number of carbonyl (C=O) groups is 2. The van der Waals surface area contributed by atoms with E-state index in [-0.39, 0.29) is 5.70 Å². The van der Waals surface area contributed by atoms with Gasteiger partial charge in [-0.3, -0.25) is 4.79 Å². The average Bonchev–Trinajstić information content (AvgIpc) is 3.10. The molecule has 5 nitrogen and oxygen atoms in total. The fraction of sp³-hybridized carbons (Fsp3) is 0. The molecular weight excluding hydrogens is 430 g/mol. The van der Waals surface area contributed by atoms with Crippen LogP contribution < -0.4 is 5.32 Å². The topological polar surface area (TPSA) is 79.5 Å². The van der Waals surface area contributed by atoms with Crippen molar-refractivity contribution < 1.29 is 19.1 Å². The van der Waals surface area contributed by atoms with Gasteiger partial charge < -0.3 is 14.8 Å². The van der Waals surface area contributed by atoms with Gasteiger partial charge in [-0.15, -0.1) is 0 Å². The number of hydrogen-bond donors (Lipinski definition) is 2. The smallest absolute Gasteiger partial charge is 0.352 e. The summed E-state index contributed by atoms with van der Waals surface area (Å²) in [6.07, 6.45) is 1.28. The van der Waals surface area contributed by atoms with Crippen molar-refractivity contribution in [2.24, 2.45) is 0 Å². The van der Waals surface area contributed by atoms with Crippen molar-refractivity contribution in [2.45, 2.75) is 9.99 Å². The predicted molar refractivity (Wildman–Crippen MR) is 106 cm³/mol. The molecule has 2 aromatic carbocycles. The number of rotatable bonds is 6. The lowest BCUT2D eigenvalue weighted by Gasteiger charge is -2.05. The van der Waals surface area contributed by atoms with Gasteiger partial charge in [0.1, 0.15) is 11.5 Å². The van der Waals surface area contributed by atoms with E-state index in [9.17, 15) is 14.7 Å².